The van der Waals surface area contributed by atoms with Gasteiger partial charge in [0.05, 0.1) is 12.2 Å². The third kappa shape index (κ3) is 2.31. The lowest BCUT2D eigenvalue weighted by molar-refractivity contribution is 0.341. The molecule has 0 radical (unpaired) electrons. The van der Waals surface area contributed by atoms with Crippen LogP contribution in [0.3, 0.4) is 0 Å². The summed E-state index contributed by atoms with van der Waals surface area (Å²) >= 11 is 0. The summed E-state index contributed by atoms with van der Waals surface area (Å²) in [7, 11) is -3.35. The third-order valence-electron chi connectivity index (χ3n) is 3.65. The summed E-state index contributed by atoms with van der Waals surface area (Å²) in [6.45, 7) is 2.02. The van der Waals surface area contributed by atoms with Crippen molar-refractivity contribution in [1.82, 2.24) is 18.6 Å². The van der Waals surface area contributed by atoms with Crippen LogP contribution in [0.5, 0.6) is 0 Å². The van der Waals surface area contributed by atoms with Gasteiger partial charge in [0, 0.05) is 25.8 Å². The fourth-order valence-electron chi connectivity index (χ4n) is 2.57. The van der Waals surface area contributed by atoms with Crippen LogP contribution >= 0.6 is 0 Å². The molecule has 7 nitrogen and oxygen atoms in total. The maximum atomic E-state index is 12.5. The summed E-state index contributed by atoms with van der Waals surface area (Å²) in [5.74, 6) is 0.194. The highest BCUT2D eigenvalue weighted by atomic mass is 32.2. The summed E-state index contributed by atoms with van der Waals surface area (Å²) in [5, 5.41) is 0. The van der Waals surface area contributed by atoms with E-state index in [1.165, 1.54) is 4.31 Å². The molecule has 8 heteroatoms. The minimum Gasteiger partial charge on any atom is -0.368 e. The standard InChI is InChI=1S/C11H17N5O2S/c12-11-13-7-9-3-6-16(8-10(9)14-11)19(17,18)15-4-1-2-5-15/h7H,1-6,8H2,(H2,12,13,14). The van der Waals surface area contributed by atoms with E-state index < -0.39 is 10.2 Å². The maximum Gasteiger partial charge on any atom is 0.282 e. The molecule has 3 heterocycles. The molecule has 19 heavy (non-hydrogen) atoms. The summed E-state index contributed by atoms with van der Waals surface area (Å²) in [6.07, 6.45) is 4.22. The van der Waals surface area contributed by atoms with Crippen LogP contribution in [-0.2, 0) is 23.2 Å². The summed E-state index contributed by atoms with van der Waals surface area (Å²) in [5.41, 5.74) is 7.27. The number of nitrogens with zero attached hydrogens (tertiary/aromatic N) is 4. The van der Waals surface area contributed by atoms with E-state index in [2.05, 4.69) is 9.97 Å². The molecule has 0 aromatic carbocycles. The van der Waals surface area contributed by atoms with Crippen molar-refractivity contribution in [2.24, 2.45) is 0 Å². The van der Waals surface area contributed by atoms with Gasteiger partial charge in [-0.25, -0.2) is 9.97 Å². The zero-order valence-corrected chi connectivity index (χ0v) is 11.4. The lowest BCUT2D eigenvalue weighted by atomic mass is 10.1. The zero-order valence-electron chi connectivity index (χ0n) is 10.6. The van der Waals surface area contributed by atoms with Crippen LogP contribution in [0, 0.1) is 0 Å². The fraction of sp³-hybridized carbons (Fsp3) is 0.636. The topological polar surface area (TPSA) is 92.4 Å². The van der Waals surface area contributed by atoms with Gasteiger partial charge in [-0.2, -0.15) is 17.0 Å². The second-order valence-electron chi connectivity index (χ2n) is 4.90. The number of hydrogen-bond donors (Lipinski definition) is 1. The van der Waals surface area contributed by atoms with Gasteiger partial charge < -0.3 is 5.73 Å². The lowest BCUT2D eigenvalue weighted by Gasteiger charge is -2.30. The second-order valence-corrected chi connectivity index (χ2v) is 6.83. The minimum absolute atomic E-state index is 0.194. The molecule has 0 aliphatic carbocycles. The summed E-state index contributed by atoms with van der Waals surface area (Å²) in [4.78, 5) is 8.09. The Balaban J connectivity index is 1.85. The first-order valence-corrected chi connectivity index (χ1v) is 7.82. The molecule has 1 fully saturated rings. The Bertz CT molecular complexity index is 583. The Kier molecular flexibility index (Phi) is 3.15. The fourth-order valence-corrected chi connectivity index (χ4v) is 4.23. The van der Waals surface area contributed by atoms with Crippen molar-refractivity contribution in [1.29, 1.82) is 0 Å². The Labute approximate surface area is 112 Å². The minimum atomic E-state index is -3.35. The Morgan fingerprint density at radius 1 is 1.16 bits per heavy atom. The molecule has 0 unspecified atom stereocenters. The molecular formula is C11H17N5O2S. The molecule has 0 atom stereocenters. The van der Waals surface area contributed by atoms with Crippen molar-refractivity contribution >= 4 is 16.2 Å². The maximum absolute atomic E-state index is 12.5. The molecule has 1 aromatic rings. The molecule has 104 valence electrons. The zero-order chi connectivity index (χ0) is 13.5. The predicted octanol–water partition coefficient (Wildman–Crippen LogP) is -0.242. The van der Waals surface area contributed by atoms with Crippen LogP contribution in [-0.4, -0.2) is 46.6 Å². The molecular weight excluding hydrogens is 266 g/mol. The second kappa shape index (κ2) is 4.69. The van der Waals surface area contributed by atoms with Crippen LogP contribution < -0.4 is 5.73 Å². The molecule has 2 N–H and O–H groups in total. The quantitative estimate of drug-likeness (QED) is 0.808. The highest BCUT2D eigenvalue weighted by Gasteiger charge is 2.34. The first kappa shape index (κ1) is 12.8. The van der Waals surface area contributed by atoms with Crippen LogP contribution in [0.4, 0.5) is 5.95 Å². The number of rotatable bonds is 2. The number of nitrogens with two attached hydrogens (primary N) is 1. The first-order valence-electron chi connectivity index (χ1n) is 6.43. The van der Waals surface area contributed by atoms with E-state index in [0.29, 0.717) is 32.6 Å². The Hall–Kier alpha value is -1.25. The largest absolute Gasteiger partial charge is 0.368 e. The van der Waals surface area contributed by atoms with Crippen molar-refractivity contribution in [2.45, 2.75) is 25.8 Å². The SMILES string of the molecule is Nc1ncc2c(n1)CN(S(=O)(=O)N1CCCC1)CC2. The monoisotopic (exact) mass is 283 g/mol. The summed E-state index contributed by atoms with van der Waals surface area (Å²) in [6, 6.07) is 0. The van der Waals surface area contributed by atoms with Crippen molar-refractivity contribution in [3.63, 3.8) is 0 Å². The average Bonchev–Trinajstić information content (AvgIpc) is 2.92. The average molecular weight is 283 g/mol. The van der Waals surface area contributed by atoms with Gasteiger partial charge in [-0.15, -0.1) is 0 Å². The van der Waals surface area contributed by atoms with Gasteiger partial charge in [0.1, 0.15) is 0 Å². The van der Waals surface area contributed by atoms with Gasteiger partial charge in [0.2, 0.25) is 5.95 Å². The number of hydrogen-bond acceptors (Lipinski definition) is 5. The molecule has 0 amide bonds. The van der Waals surface area contributed by atoms with E-state index in [9.17, 15) is 8.42 Å². The van der Waals surface area contributed by atoms with Gasteiger partial charge in [0.25, 0.3) is 10.2 Å². The van der Waals surface area contributed by atoms with Crippen LogP contribution in [0.1, 0.15) is 24.1 Å². The lowest BCUT2D eigenvalue weighted by Crippen LogP contribution is -2.45. The smallest absolute Gasteiger partial charge is 0.282 e. The van der Waals surface area contributed by atoms with Gasteiger partial charge in [-0.3, -0.25) is 0 Å². The van der Waals surface area contributed by atoms with Crippen molar-refractivity contribution in [2.75, 3.05) is 25.4 Å². The highest BCUT2D eigenvalue weighted by molar-refractivity contribution is 7.86. The molecule has 2 aliphatic heterocycles. The van der Waals surface area contributed by atoms with Crippen molar-refractivity contribution in [3.05, 3.63) is 17.5 Å². The normalized spacial score (nSPS) is 21.5. The number of nitrogen functional groups attached to an aromatic ring is 1. The van der Waals surface area contributed by atoms with Gasteiger partial charge >= 0.3 is 0 Å². The van der Waals surface area contributed by atoms with Crippen molar-refractivity contribution < 1.29 is 8.42 Å². The van der Waals surface area contributed by atoms with E-state index in [4.69, 9.17) is 5.73 Å². The molecule has 0 bridgehead atoms. The molecule has 0 spiro atoms. The van der Waals surface area contributed by atoms with Crippen LogP contribution in [0.15, 0.2) is 6.20 Å². The number of aromatic nitrogens is 2. The number of fused-ring (bicyclic) bond motifs is 1. The molecule has 1 aromatic heterocycles. The van der Waals surface area contributed by atoms with Crippen LogP contribution in [0.2, 0.25) is 0 Å². The van der Waals surface area contributed by atoms with E-state index in [-0.39, 0.29) is 5.95 Å². The Morgan fingerprint density at radius 3 is 2.63 bits per heavy atom. The van der Waals surface area contributed by atoms with Gasteiger partial charge in [-0.05, 0) is 24.8 Å². The molecule has 2 aliphatic rings. The van der Waals surface area contributed by atoms with E-state index in [1.54, 1.807) is 10.5 Å². The summed E-state index contributed by atoms with van der Waals surface area (Å²) < 4.78 is 28.0. The van der Waals surface area contributed by atoms with E-state index >= 15 is 0 Å². The number of anilines is 1. The van der Waals surface area contributed by atoms with Gasteiger partial charge in [0.15, 0.2) is 0 Å². The molecule has 1 saturated heterocycles. The van der Waals surface area contributed by atoms with Crippen LogP contribution in [0.25, 0.3) is 0 Å². The van der Waals surface area contributed by atoms with Crippen molar-refractivity contribution in [3.8, 4) is 0 Å². The Morgan fingerprint density at radius 2 is 1.89 bits per heavy atom. The molecule has 3 rings (SSSR count). The van der Waals surface area contributed by atoms with E-state index in [1.807, 2.05) is 0 Å². The third-order valence-corrected chi connectivity index (χ3v) is 5.63. The highest BCUT2D eigenvalue weighted by Crippen LogP contribution is 2.23. The molecule has 0 saturated carbocycles. The predicted molar refractivity (Wildman–Crippen MR) is 70.3 cm³/mol. The van der Waals surface area contributed by atoms with E-state index in [0.717, 1.165) is 24.1 Å². The van der Waals surface area contributed by atoms with Gasteiger partial charge in [-0.1, -0.05) is 0 Å². The first-order chi connectivity index (χ1) is 9.07.